The minimum absolute atomic E-state index is 0.0539. The lowest BCUT2D eigenvalue weighted by molar-refractivity contribution is -0.134. The molecule has 3 aromatic carbocycles. The van der Waals surface area contributed by atoms with E-state index in [1.807, 2.05) is 29.2 Å². The molecule has 0 radical (unpaired) electrons. The summed E-state index contributed by atoms with van der Waals surface area (Å²) in [6.45, 7) is 7.07. The van der Waals surface area contributed by atoms with Gasteiger partial charge in [0.05, 0.1) is 38.2 Å². The number of piperazine rings is 1. The molecular weight excluding hydrogens is 495 g/mol. The number of amides is 1. The number of carbonyl (C=O) groups excluding carboxylic acids is 1. The first-order chi connectivity index (χ1) is 18.9. The molecule has 0 spiro atoms. The Labute approximate surface area is 229 Å². The number of anilines is 1. The molecule has 0 saturated carbocycles. The van der Waals surface area contributed by atoms with Crippen molar-refractivity contribution >= 4 is 17.3 Å². The van der Waals surface area contributed by atoms with Gasteiger partial charge in [0.2, 0.25) is 0 Å². The molecule has 2 heterocycles. The van der Waals surface area contributed by atoms with E-state index >= 15 is 0 Å². The fraction of sp³-hybridized carbons (Fsp3) is 0.355. The summed E-state index contributed by atoms with van der Waals surface area (Å²) < 4.78 is 25.3. The molecule has 0 N–H and O–H groups in total. The van der Waals surface area contributed by atoms with Crippen LogP contribution in [0.2, 0.25) is 0 Å². The number of benzene rings is 3. The van der Waals surface area contributed by atoms with Gasteiger partial charge in [-0.1, -0.05) is 35.9 Å². The second kappa shape index (κ2) is 11.5. The van der Waals surface area contributed by atoms with Crippen LogP contribution in [0.5, 0.6) is 11.5 Å². The summed E-state index contributed by atoms with van der Waals surface area (Å²) in [6.07, 6.45) is 0.583. The molecule has 2 aliphatic heterocycles. The molecule has 39 heavy (non-hydrogen) atoms. The Bertz CT molecular complexity index is 1380. The van der Waals surface area contributed by atoms with E-state index in [0.717, 1.165) is 22.4 Å². The van der Waals surface area contributed by atoms with Crippen LogP contribution >= 0.6 is 0 Å². The molecule has 0 aliphatic carbocycles. The first-order valence-corrected chi connectivity index (χ1v) is 13.3. The van der Waals surface area contributed by atoms with E-state index < -0.39 is 0 Å². The lowest BCUT2D eigenvalue weighted by atomic mass is 9.94. The Balaban J connectivity index is 1.37. The van der Waals surface area contributed by atoms with Crippen molar-refractivity contribution in [1.29, 1.82) is 0 Å². The van der Waals surface area contributed by atoms with E-state index in [1.165, 1.54) is 11.6 Å². The molecule has 7 nitrogen and oxygen atoms in total. The number of carbonyl (C=O) groups is 1. The fourth-order valence-electron chi connectivity index (χ4n) is 5.50. The van der Waals surface area contributed by atoms with Crippen LogP contribution in [-0.4, -0.2) is 68.5 Å². The third-order valence-electron chi connectivity index (χ3n) is 7.59. The van der Waals surface area contributed by atoms with Gasteiger partial charge in [0.15, 0.2) is 0 Å². The van der Waals surface area contributed by atoms with Gasteiger partial charge in [-0.3, -0.25) is 9.69 Å². The molecule has 8 heteroatoms. The molecule has 5 rings (SSSR count). The van der Waals surface area contributed by atoms with Gasteiger partial charge in [0.25, 0.3) is 5.91 Å². The number of ether oxygens (including phenoxy) is 2. The number of aryl methyl sites for hydroxylation is 2. The highest BCUT2D eigenvalue weighted by Crippen LogP contribution is 2.37. The predicted octanol–water partition coefficient (Wildman–Crippen LogP) is 4.96. The summed E-state index contributed by atoms with van der Waals surface area (Å²) in [7, 11) is 3.24. The number of hydrogen-bond donors (Lipinski definition) is 0. The second-order valence-corrected chi connectivity index (χ2v) is 10.1. The summed E-state index contributed by atoms with van der Waals surface area (Å²) in [4.78, 5) is 17.9. The second-order valence-electron chi connectivity index (χ2n) is 10.1. The maximum atomic E-state index is 14.3. The molecule has 0 bridgehead atoms. The summed E-state index contributed by atoms with van der Waals surface area (Å²) in [6, 6.07) is 18.6. The average Bonchev–Trinajstić information content (AvgIpc) is 3.38. The highest BCUT2D eigenvalue weighted by molar-refractivity contribution is 6.05. The topological polar surface area (TPSA) is 57.6 Å². The normalized spacial score (nSPS) is 17.8. The monoisotopic (exact) mass is 530 g/mol. The largest absolute Gasteiger partial charge is 0.497 e. The van der Waals surface area contributed by atoms with E-state index in [4.69, 9.17) is 14.6 Å². The maximum absolute atomic E-state index is 14.3. The van der Waals surface area contributed by atoms with Gasteiger partial charge in [0, 0.05) is 44.2 Å². The smallest absolute Gasteiger partial charge is 0.257 e. The Morgan fingerprint density at radius 1 is 0.974 bits per heavy atom. The predicted molar refractivity (Wildman–Crippen MR) is 151 cm³/mol. The molecule has 2 aliphatic rings. The van der Waals surface area contributed by atoms with Gasteiger partial charge in [-0.15, -0.1) is 0 Å². The number of methoxy groups -OCH3 is 2. The minimum atomic E-state index is -0.216. The zero-order valence-electron chi connectivity index (χ0n) is 23.0. The Hall–Kier alpha value is -3.91. The standard InChI is InChI=1S/C31H35FN4O3/c1-21-9-11-24(22(2)17-21)29-19-27(25-12-10-23(38-3)18-30(25)39-4)33-36(29)31(37)20-34-13-15-35(16-14-34)28-8-6-5-7-26(28)32/h5-12,17-18,29H,13-16,19-20H2,1-4H3/t29-/m1/s1. The number of nitrogens with zero attached hydrogens (tertiary/aromatic N) is 4. The van der Waals surface area contributed by atoms with Crippen LogP contribution in [0.3, 0.4) is 0 Å². The van der Waals surface area contributed by atoms with E-state index in [-0.39, 0.29) is 24.3 Å². The van der Waals surface area contributed by atoms with Crippen molar-refractivity contribution in [2.75, 3.05) is 51.8 Å². The number of rotatable bonds is 7. The van der Waals surface area contributed by atoms with Crippen LogP contribution in [0.1, 0.15) is 34.7 Å². The van der Waals surface area contributed by atoms with Gasteiger partial charge >= 0.3 is 0 Å². The summed E-state index contributed by atoms with van der Waals surface area (Å²) in [5.41, 5.74) is 5.66. The van der Waals surface area contributed by atoms with Crippen molar-refractivity contribution in [2.45, 2.75) is 26.3 Å². The van der Waals surface area contributed by atoms with Crippen LogP contribution in [0.15, 0.2) is 65.8 Å². The summed E-state index contributed by atoms with van der Waals surface area (Å²) in [5, 5.41) is 6.53. The van der Waals surface area contributed by atoms with Crippen molar-refractivity contribution in [1.82, 2.24) is 9.91 Å². The van der Waals surface area contributed by atoms with Crippen molar-refractivity contribution in [3.05, 3.63) is 88.7 Å². The molecule has 1 amide bonds. The maximum Gasteiger partial charge on any atom is 0.257 e. The van der Waals surface area contributed by atoms with E-state index in [0.29, 0.717) is 49.8 Å². The molecular formula is C31H35FN4O3. The van der Waals surface area contributed by atoms with E-state index in [2.05, 4.69) is 36.9 Å². The summed E-state index contributed by atoms with van der Waals surface area (Å²) >= 11 is 0. The zero-order valence-corrected chi connectivity index (χ0v) is 23.0. The van der Waals surface area contributed by atoms with Crippen molar-refractivity contribution < 1.29 is 18.7 Å². The van der Waals surface area contributed by atoms with Crippen LogP contribution in [0, 0.1) is 19.7 Å². The van der Waals surface area contributed by atoms with Crippen molar-refractivity contribution in [3.63, 3.8) is 0 Å². The fourth-order valence-corrected chi connectivity index (χ4v) is 5.50. The molecule has 3 aromatic rings. The van der Waals surface area contributed by atoms with E-state index in [1.54, 1.807) is 31.4 Å². The van der Waals surface area contributed by atoms with Gasteiger partial charge in [0.1, 0.15) is 17.3 Å². The SMILES string of the molecule is COc1ccc(C2=NN(C(=O)CN3CCN(c4ccccc4F)CC3)[C@@H](c3ccc(C)cc3C)C2)c(OC)c1. The third kappa shape index (κ3) is 5.61. The lowest BCUT2D eigenvalue weighted by Gasteiger charge is -2.36. The average molecular weight is 531 g/mol. The highest BCUT2D eigenvalue weighted by atomic mass is 19.1. The van der Waals surface area contributed by atoms with Crippen molar-refractivity contribution in [3.8, 4) is 11.5 Å². The van der Waals surface area contributed by atoms with Crippen LogP contribution < -0.4 is 14.4 Å². The summed E-state index contributed by atoms with van der Waals surface area (Å²) in [5.74, 6) is 1.08. The Morgan fingerprint density at radius 3 is 2.44 bits per heavy atom. The molecule has 0 aromatic heterocycles. The van der Waals surface area contributed by atoms with Gasteiger partial charge < -0.3 is 14.4 Å². The lowest BCUT2D eigenvalue weighted by Crippen LogP contribution is -2.49. The Morgan fingerprint density at radius 2 is 1.74 bits per heavy atom. The van der Waals surface area contributed by atoms with Crippen molar-refractivity contribution in [2.24, 2.45) is 5.10 Å². The van der Waals surface area contributed by atoms with Crippen LogP contribution in [0.25, 0.3) is 0 Å². The quantitative estimate of drug-likeness (QED) is 0.432. The third-order valence-corrected chi connectivity index (χ3v) is 7.59. The molecule has 1 saturated heterocycles. The highest BCUT2D eigenvalue weighted by Gasteiger charge is 2.36. The van der Waals surface area contributed by atoms with Crippen LogP contribution in [-0.2, 0) is 4.79 Å². The number of halogens is 1. The Kier molecular flexibility index (Phi) is 7.84. The van der Waals surface area contributed by atoms with Crippen LogP contribution in [0.4, 0.5) is 10.1 Å². The number of hydrogen-bond acceptors (Lipinski definition) is 6. The molecule has 204 valence electrons. The molecule has 1 fully saturated rings. The van der Waals surface area contributed by atoms with Gasteiger partial charge in [-0.2, -0.15) is 5.10 Å². The molecule has 0 unspecified atom stereocenters. The first-order valence-electron chi connectivity index (χ1n) is 13.3. The zero-order chi connectivity index (χ0) is 27.5. The van der Waals surface area contributed by atoms with Gasteiger partial charge in [-0.05, 0) is 49.2 Å². The van der Waals surface area contributed by atoms with E-state index in [9.17, 15) is 9.18 Å². The number of para-hydroxylation sites is 1. The van der Waals surface area contributed by atoms with Gasteiger partial charge in [-0.25, -0.2) is 9.40 Å². The first kappa shape index (κ1) is 26.7. The number of hydrazone groups is 1. The molecule has 1 atom stereocenters. The minimum Gasteiger partial charge on any atom is -0.497 e.